The molecule has 0 radical (unpaired) electrons. The Morgan fingerprint density at radius 3 is 2.88 bits per heavy atom. The van der Waals surface area contributed by atoms with Gasteiger partial charge in [0.1, 0.15) is 5.58 Å². The van der Waals surface area contributed by atoms with Crippen molar-refractivity contribution in [2.45, 2.75) is 6.42 Å². The van der Waals surface area contributed by atoms with Crippen LogP contribution in [0.2, 0.25) is 0 Å². The van der Waals surface area contributed by atoms with Gasteiger partial charge in [0.05, 0.1) is 12.0 Å². The number of para-hydroxylation sites is 1. The maximum atomic E-state index is 12.7. The molecule has 2 heterocycles. The first-order valence-electron chi connectivity index (χ1n) is 8.22. The molecule has 1 aromatic carbocycles. The van der Waals surface area contributed by atoms with E-state index in [1.54, 1.807) is 36.3 Å². The van der Waals surface area contributed by atoms with Crippen LogP contribution in [0.1, 0.15) is 17.0 Å². The smallest absolute Gasteiger partial charge is 0.289 e. The number of nitrogens with zero attached hydrogens (tertiary/aromatic N) is 2. The molecular weight excluding hydrogens is 308 g/mol. The summed E-state index contributed by atoms with van der Waals surface area (Å²) in [5.41, 5.74) is 0.265. The summed E-state index contributed by atoms with van der Waals surface area (Å²) in [4.78, 5) is 28.9. The van der Waals surface area contributed by atoms with Crippen molar-refractivity contribution >= 4 is 16.9 Å². The van der Waals surface area contributed by atoms with E-state index in [0.717, 1.165) is 26.1 Å². The summed E-state index contributed by atoms with van der Waals surface area (Å²) in [5.74, 6) is -0.101. The maximum absolute atomic E-state index is 12.7. The highest BCUT2D eigenvalue weighted by Gasteiger charge is 2.22. The molecule has 3 rings (SSSR count). The predicted molar refractivity (Wildman–Crippen MR) is 91.3 cm³/mol. The minimum atomic E-state index is -0.216. The van der Waals surface area contributed by atoms with Crippen molar-refractivity contribution < 1.29 is 13.9 Å². The van der Waals surface area contributed by atoms with Crippen molar-refractivity contribution in [1.82, 2.24) is 9.80 Å². The second-order valence-corrected chi connectivity index (χ2v) is 5.95. The van der Waals surface area contributed by atoms with Crippen molar-refractivity contribution in [2.24, 2.45) is 0 Å². The summed E-state index contributed by atoms with van der Waals surface area (Å²) < 4.78 is 10.8. The summed E-state index contributed by atoms with van der Waals surface area (Å²) in [6.45, 7) is 4.58. The van der Waals surface area contributed by atoms with Crippen molar-refractivity contribution in [1.29, 1.82) is 0 Å². The number of carbonyl (C=O) groups excluding carboxylic acids is 1. The van der Waals surface area contributed by atoms with Crippen LogP contribution >= 0.6 is 0 Å². The van der Waals surface area contributed by atoms with Gasteiger partial charge in [-0.3, -0.25) is 14.5 Å². The number of methoxy groups -OCH3 is 1. The molecule has 6 nitrogen and oxygen atoms in total. The van der Waals surface area contributed by atoms with Crippen molar-refractivity contribution in [3.8, 4) is 0 Å². The first-order valence-corrected chi connectivity index (χ1v) is 8.22. The molecule has 128 valence electrons. The minimum Gasteiger partial charge on any atom is -0.451 e. The number of ether oxygens (including phenoxy) is 1. The topological polar surface area (TPSA) is 63.0 Å². The van der Waals surface area contributed by atoms with E-state index in [-0.39, 0.29) is 17.1 Å². The summed E-state index contributed by atoms with van der Waals surface area (Å²) >= 11 is 0. The van der Waals surface area contributed by atoms with E-state index in [4.69, 9.17) is 9.15 Å². The lowest BCUT2D eigenvalue weighted by Gasteiger charge is -2.21. The molecule has 1 aliphatic rings. The molecule has 1 fully saturated rings. The van der Waals surface area contributed by atoms with Crippen molar-refractivity contribution in [3.63, 3.8) is 0 Å². The number of amides is 1. The summed E-state index contributed by atoms with van der Waals surface area (Å²) in [5, 5.41) is 0.496. The average Bonchev–Trinajstić information content (AvgIpc) is 2.85. The Hall–Kier alpha value is -2.18. The molecule has 0 atom stereocenters. The number of carbonyl (C=O) groups is 1. The Bertz CT molecular complexity index is 771. The van der Waals surface area contributed by atoms with Gasteiger partial charge < -0.3 is 14.1 Å². The molecule has 6 heteroatoms. The van der Waals surface area contributed by atoms with Crippen LogP contribution in [0.5, 0.6) is 0 Å². The van der Waals surface area contributed by atoms with E-state index in [0.29, 0.717) is 30.7 Å². The third kappa shape index (κ3) is 3.66. The van der Waals surface area contributed by atoms with Crippen LogP contribution in [0.4, 0.5) is 0 Å². The Kier molecular flexibility index (Phi) is 5.27. The van der Waals surface area contributed by atoms with Crippen LogP contribution in [0.25, 0.3) is 11.0 Å². The molecule has 1 saturated heterocycles. The lowest BCUT2D eigenvalue weighted by Crippen LogP contribution is -2.36. The SMILES string of the molecule is COCCN1CCCN(C(=O)c2cc(=O)c3ccccc3o2)CC1. The Balaban J connectivity index is 1.75. The minimum absolute atomic E-state index is 0.115. The van der Waals surface area contributed by atoms with Gasteiger partial charge in [0, 0.05) is 39.4 Å². The van der Waals surface area contributed by atoms with Crippen LogP contribution in [0.3, 0.4) is 0 Å². The number of rotatable bonds is 4. The van der Waals surface area contributed by atoms with Gasteiger partial charge in [0.2, 0.25) is 0 Å². The first-order chi connectivity index (χ1) is 11.7. The number of fused-ring (bicyclic) bond motifs is 1. The molecule has 0 aliphatic carbocycles. The van der Waals surface area contributed by atoms with Crippen molar-refractivity contribution in [2.75, 3.05) is 46.4 Å². The molecule has 1 aliphatic heterocycles. The fraction of sp³-hybridized carbons (Fsp3) is 0.444. The fourth-order valence-electron chi connectivity index (χ4n) is 2.98. The zero-order chi connectivity index (χ0) is 16.9. The van der Waals surface area contributed by atoms with Gasteiger partial charge in [0.25, 0.3) is 5.91 Å². The molecule has 0 unspecified atom stereocenters. The van der Waals surface area contributed by atoms with Crippen LogP contribution in [-0.2, 0) is 4.74 Å². The van der Waals surface area contributed by atoms with Crippen LogP contribution in [0.15, 0.2) is 39.5 Å². The normalized spacial score (nSPS) is 16.3. The summed E-state index contributed by atoms with van der Waals surface area (Å²) in [6.07, 6.45) is 0.896. The van der Waals surface area contributed by atoms with Crippen LogP contribution in [-0.4, -0.2) is 62.1 Å². The predicted octanol–water partition coefficient (Wildman–Crippen LogP) is 1.59. The van der Waals surface area contributed by atoms with E-state index in [1.165, 1.54) is 6.07 Å². The molecule has 0 N–H and O–H groups in total. The van der Waals surface area contributed by atoms with E-state index in [2.05, 4.69) is 4.90 Å². The highest BCUT2D eigenvalue weighted by Crippen LogP contribution is 2.14. The molecule has 0 saturated carbocycles. The van der Waals surface area contributed by atoms with Gasteiger partial charge in [-0.05, 0) is 25.1 Å². The van der Waals surface area contributed by atoms with E-state index in [1.807, 2.05) is 0 Å². The number of hydrogen-bond donors (Lipinski definition) is 0. The largest absolute Gasteiger partial charge is 0.451 e. The Morgan fingerprint density at radius 2 is 2.04 bits per heavy atom. The van der Waals surface area contributed by atoms with E-state index in [9.17, 15) is 9.59 Å². The molecule has 2 aromatic rings. The number of hydrogen-bond acceptors (Lipinski definition) is 5. The van der Waals surface area contributed by atoms with Crippen molar-refractivity contribution in [3.05, 3.63) is 46.3 Å². The van der Waals surface area contributed by atoms with Crippen LogP contribution < -0.4 is 5.43 Å². The molecule has 24 heavy (non-hydrogen) atoms. The average molecular weight is 330 g/mol. The van der Waals surface area contributed by atoms with Gasteiger partial charge in [-0.15, -0.1) is 0 Å². The van der Waals surface area contributed by atoms with Gasteiger partial charge >= 0.3 is 0 Å². The lowest BCUT2D eigenvalue weighted by atomic mass is 10.2. The van der Waals surface area contributed by atoms with E-state index >= 15 is 0 Å². The second-order valence-electron chi connectivity index (χ2n) is 5.95. The summed E-state index contributed by atoms with van der Waals surface area (Å²) in [7, 11) is 1.69. The quantitative estimate of drug-likeness (QED) is 0.852. The summed E-state index contributed by atoms with van der Waals surface area (Å²) in [6, 6.07) is 8.29. The standard InChI is InChI=1S/C18H22N2O4/c1-23-12-11-19-7-4-8-20(10-9-19)18(22)17-13-15(21)14-5-2-3-6-16(14)24-17/h2-3,5-6,13H,4,7-12H2,1H3. The van der Waals surface area contributed by atoms with Crippen LogP contribution in [0, 0.1) is 0 Å². The molecule has 0 bridgehead atoms. The zero-order valence-electron chi connectivity index (χ0n) is 13.9. The lowest BCUT2D eigenvalue weighted by molar-refractivity contribution is 0.0728. The third-order valence-electron chi connectivity index (χ3n) is 4.33. The molecular formula is C18H22N2O4. The fourth-order valence-corrected chi connectivity index (χ4v) is 2.98. The molecule has 0 spiro atoms. The Labute approximate surface area is 140 Å². The second kappa shape index (κ2) is 7.59. The van der Waals surface area contributed by atoms with Gasteiger partial charge in [-0.2, -0.15) is 0 Å². The van der Waals surface area contributed by atoms with E-state index < -0.39 is 0 Å². The van der Waals surface area contributed by atoms with Gasteiger partial charge in [0.15, 0.2) is 11.2 Å². The zero-order valence-corrected chi connectivity index (χ0v) is 13.9. The molecule has 1 amide bonds. The number of benzene rings is 1. The third-order valence-corrected chi connectivity index (χ3v) is 4.33. The van der Waals surface area contributed by atoms with Gasteiger partial charge in [-0.1, -0.05) is 12.1 Å². The highest BCUT2D eigenvalue weighted by atomic mass is 16.5. The maximum Gasteiger partial charge on any atom is 0.289 e. The Morgan fingerprint density at radius 1 is 1.21 bits per heavy atom. The first kappa shape index (κ1) is 16.7. The monoisotopic (exact) mass is 330 g/mol. The highest BCUT2D eigenvalue weighted by molar-refractivity contribution is 5.93. The van der Waals surface area contributed by atoms with Gasteiger partial charge in [-0.25, -0.2) is 0 Å². The molecule has 1 aromatic heterocycles.